The van der Waals surface area contributed by atoms with Gasteiger partial charge in [-0.15, -0.1) is 0 Å². The second-order valence-corrected chi connectivity index (χ2v) is 6.31. The molecule has 134 valence electrons. The first-order valence-corrected chi connectivity index (χ1v) is 8.52. The lowest BCUT2D eigenvalue weighted by atomic mass is 9.86. The van der Waals surface area contributed by atoms with Gasteiger partial charge in [0.25, 0.3) is 5.91 Å². The summed E-state index contributed by atoms with van der Waals surface area (Å²) in [5.41, 5.74) is 1.11. The fraction of sp³-hybridized carbons (Fsp3) is 0.0952. The summed E-state index contributed by atoms with van der Waals surface area (Å²) in [6.07, 6.45) is 3.17. The Morgan fingerprint density at radius 3 is 2.70 bits per heavy atom. The van der Waals surface area contributed by atoms with Crippen LogP contribution in [0.15, 0.2) is 72.6 Å². The Morgan fingerprint density at radius 2 is 1.89 bits per heavy atom. The first-order chi connectivity index (χ1) is 13.1. The lowest BCUT2D eigenvalue weighted by Crippen LogP contribution is -2.32. The average Bonchev–Trinajstić information content (AvgIpc) is 2.69. The predicted octanol–water partition coefficient (Wildman–Crippen LogP) is 3.50. The summed E-state index contributed by atoms with van der Waals surface area (Å²) in [5, 5.41) is 7.22. The van der Waals surface area contributed by atoms with E-state index in [0.717, 1.165) is 10.8 Å². The number of nitrogens with one attached hydrogen (secondary N) is 2. The number of carbonyl (C=O) groups excluding carboxylic acids is 2. The highest BCUT2D eigenvalue weighted by molar-refractivity contribution is 6.09. The molecular weight excluding hydrogens is 345 g/mol. The number of anilines is 1. The van der Waals surface area contributed by atoms with E-state index < -0.39 is 5.92 Å². The van der Waals surface area contributed by atoms with Crippen molar-refractivity contribution in [2.75, 3.05) is 5.32 Å². The summed E-state index contributed by atoms with van der Waals surface area (Å²) in [6.45, 7) is 0. The van der Waals surface area contributed by atoms with E-state index in [9.17, 15) is 14.0 Å². The second-order valence-electron chi connectivity index (χ2n) is 6.31. The van der Waals surface area contributed by atoms with Crippen LogP contribution in [0.3, 0.4) is 0 Å². The van der Waals surface area contributed by atoms with Crippen molar-refractivity contribution < 1.29 is 14.0 Å². The van der Waals surface area contributed by atoms with Gasteiger partial charge in [-0.05, 0) is 29.1 Å². The van der Waals surface area contributed by atoms with Crippen molar-refractivity contribution in [2.24, 2.45) is 0 Å². The SMILES string of the molecule is O=C1C[C@@H](c2ccc(F)cc2)C(C(=O)Nc2nccc3ccccc23)=CN1. The Labute approximate surface area is 154 Å². The van der Waals surface area contributed by atoms with Crippen LogP contribution in [0.5, 0.6) is 0 Å². The van der Waals surface area contributed by atoms with Crippen molar-refractivity contribution in [3.8, 4) is 0 Å². The number of pyridine rings is 1. The predicted molar refractivity (Wildman–Crippen MR) is 100 cm³/mol. The van der Waals surface area contributed by atoms with Crippen LogP contribution >= 0.6 is 0 Å². The molecule has 1 aromatic heterocycles. The number of hydrogen-bond acceptors (Lipinski definition) is 3. The van der Waals surface area contributed by atoms with Crippen LogP contribution in [0.1, 0.15) is 17.9 Å². The molecule has 0 saturated heterocycles. The third-order valence-electron chi connectivity index (χ3n) is 4.59. The highest BCUT2D eigenvalue weighted by Gasteiger charge is 2.29. The summed E-state index contributed by atoms with van der Waals surface area (Å²) < 4.78 is 13.2. The Balaban J connectivity index is 1.66. The number of rotatable bonds is 3. The second kappa shape index (κ2) is 6.99. The van der Waals surface area contributed by atoms with Gasteiger partial charge in [-0.3, -0.25) is 9.59 Å². The van der Waals surface area contributed by atoms with Crippen LogP contribution < -0.4 is 10.6 Å². The molecule has 3 aromatic rings. The minimum atomic E-state index is -0.450. The topological polar surface area (TPSA) is 71.1 Å². The number of carbonyl (C=O) groups is 2. The molecule has 5 nitrogen and oxygen atoms in total. The van der Waals surface area contributed by atoms with E-state index in [1.807, 2.05) is 30.3 Å². The molecule has 0 spiro atoms. The molecule has 0 aliphatic carbocycles. The Hall–Kier alpha value is -3.54. The molecule has 0 saturated carbocycles. The van der Waals surface area contributed by atoms with Crippen molar-refractivity contribution in [3.63, 3.8) is 0 Å². The molecule has 1 aliphatic heterocycles. The third-order valence-corrected chi connectivity index (χ3v) is 4.59. The van der Waals surface area contributed by atoms with Crippen LogP contribution in [0.4, 0.5) is 10.2 Å². The summed E-state index contributed by atoms with van der Waals surface area (Å²) in [7, 11) is 0. The third kappa shape index (κ3) is 3.42. The molecule has 0 unspecified atom stereocenters. The van der Waals surface area contributed by atoms with Gasteiger partial charge in [0.2, 0.25) is 5.91 Å². The van der Waals surface area contributed by atoms with E-state index in [2.05, 4.69) is 15.6 Å². The number of halogens is 1. The number of nitrogens with zero attached hydrogens (tertiary/aromatic N) is 1. The lowest BCUT2D eigenvalue weighted by Gasteiger charge is -2.24. The zero-order valence-electron chi connectivity index (χ0n) is 14.3. The van der Waals surface area contributed by atoms with Crippen LogP contribution in [0, 0.1) is 5.82 Å². The van der Waals surface area contributed by atoms with Crippen molar-refractivity contribution in [2.45, 2.75) is 12.3 Å². The van der Waals surface area contributed by atoms with Crippen LogP contribution in [-0.4, -0.2) is 16.8 Å². The summed E-state index contributed by atoms with van der Waals surface area (Å²) in [5.74, 6) is -0.908. The van der Waals surface area contributed by atoms with Gasteiger partial charge in [-0.1, -0.05) is 36.4 Å². The zero-order valence-corrected chi connectivity index (χ0v) is 14.3. The highest BCUT2D eigenvalue weighted by Crippen LogP contribution is 2.31. The quantitative estimate of drug-likeness (QED) is 0.750. The maximum Gasteiger partial charge on any atom is 0.254 e. The first-order valence-electron chi connectivity index (χ1n) is 8.52. The highest BCUT2D eigenvalue weighted by atomic mass is 19.1. The molecule has 2 heterocycles. The largest absolute Gasteiger partial charge is 0.332 e. The molecule has 1 aliphatic rings. The van der Waals surface area contributed by atoms with E-state index in [0.29, 0.717) is 17.0 Å². The minimum Gasteiger partial charge on any atom is -0.332 e. The lowest BCUT2D eigenvalue weighted by molar-refractivity contribution is -0.121. The van der Waals surface area contributed by atoms with Crippen molar-refractivity contribution in [1.82, 2.24) is 10.3 Å². The van der Waals surface area contributed by atoms with Gasteiger partial charge in [0.05, 0.1) is 0 Å². The van der Waals surface area contributed by atoms with Crippen molar-refractivity contribution in [1.29, 1.82) is 0 Å². The number of amides is 2. The Morgan fingerprint density at radius 1 is 1.11 bits per heavy atom. The molecular formula is C21H16FN3O2. The van der Waals surface area contributed by atoms with E-state index >= 15 is 0 Å². The number of hydrogen-bond donors (Lipinski definition) is 2. The normalized spacial score (nSPS) is 16.6. The molecule has 6 heteroatoms. The van der Waals surface area contributed by atoms with Gasteiger partial charge in [0, 0.05) is 35.7 Å². The van der Waals surface area contributed by atoms with Crippen LogP contribution in [0.2, 0.25) is 0 Å². The molecule has 27 heavy (non-hydrogen) atoms. The molecule has 0 fully saturated rings. The molecule has 1 atom stereocenters. The number of fused-ring (bicyclic) bond motifs is 1. The van der Waals surface area contributed by atoms with Crippen LogP contribution in [0.25, 0.3) is 10.8 Å². The fourth-order valence-electron chi connectivity index (χ4n) is 3.23. The van der Waals surface area contributed by atoms with E-state index in [1.54, 1.807) is 18.3 Å². The molecule has 0 radical (unpaired) electrons. The molecule has 2 aromatic carbocycles. The van der Waals surface area contributed by atoms with Gasteiger partial charge in [-0.25, -0.2) is 9.37 Å². The number of aromatic nitrogens is 1. The molecule has 4 rings (SSSR count). The summed E-state index contributed by atoms with van der Waals surface area (Å²) in [6, 6.07) is 15.3. The average molecular weight is 361 g/mol. The monoisotopic (exact) mass is 361 g/mol. The molecule has 2 N–H and O–H groups in total. The minimum absolute atomic E-state index is 0.119. The number of benzene rings is 2. The molecule has 2 amide bonds. The Kier molecular flexibility index (Phi) is 4.38. The zero-order chi connectivity index (χ0) is 18.8. The molecule has 0 bridgehead atoms. The van der Waals surface area contributed by atoms with Crippen molar-refractivity contribution >= 4 is 28.4 Å². The van der Waals surface area contributed by atoms with Gasteiger partial charge in [-0.2, -0.15) is 0 Å². The summed E-state index contributed by atoms with van der Waals surface area (Å²) >= 11 is 0. The standard InChI is InChI=1S/C21H16FN3O2/c22-15-7-5-14(6-8-15)17-11-19(26)24-12-18(17)21(27)25-20-16-4-2-1-3-13(16)9-10-23-20/h1-10,12,17H,11H2,(H,24,26)(H,23,25,27)/t17-/m0/s1. The van der Waals surface area contributed by atoms with E-state index in [4.69, 9.17) is 0 Å². The van der Waals surface area contributed by atoms with Gasteiger partial charge >= 0.3 is 0 Å². The fourth-order valence-corrected chi connectivity index (χ4v) is 3.23. The van der Waals surface area contributed by atoms with Gasteiger partial charge in [0.1, 0.15) is 11.6 Å². The van der Waals surface area contributed by atoms with E-state index in [1.165, 1.54) is 18.3 Å². The van der Waals surface area contributed by atoms with Gasteiger partial charge < -0.3 is 10.6 Å². The van der Waals surface area contributed by atoms with Crippen molar-refractivity contribution in [3.05, 3.63) is 83.9 Å². The smallest absolute Gasteiger partial charge is 0.254 e. The maximum absolute atomic E-state index is 13.2. The van der Waals surface area contributed by atoms with Crippen LogP contribution in [-0.2, 0) is 9.59 Å². The van der Waals surface area contributed by atoms with Gasteiger partial charge in [0.15, 0.2) is 0 Å². The summed E-state index contributed by atoms with van der Waals surface area (Å²) in [4.78, 5) is 29.0. The van der Waals surface area contributed by atoms with E-state index in [-0.39, 0.29) is 24.1 Å². The Bertz CT molecular complexity index is 1060. The first kappa shape index (κ1) is 16.9. The maximum atomic E-state index is 13.2.